The summed E-state index contributed by atoms with van der Waals surface area (Å²) in [5.41, 5.74) is 18.1. The number of fused-ring (bicyclic) bond motifs is 7. The Labute approximate surface area is 355 Å². The van der Waals surface area contributed by atoms with Crippen molar-refractivity contribution < 1.29 is 0 Å². The van der Waals surface area contributed by atoms with Crippen LogP contribution in [0.3, 0.4) is 0 Å². The average molecular weight is 782 g/mol. The molecule has 0 unspecified atom stereocenters. The van der Waals surface area contributed by atoms with Gasteiger partial charge in [0.15, 0.2) is 5.82 Å². The molecular formula is C55H51N5. The molecule has 1 aliphatic heterocycles. The van der Waals surface area contributed by atoms with Gasteiger partial charge in [0, 0.05) is 57.6 Å². The van der Waals surface area contributed by atoms with Crippen molar-refractivity contribution in [2.75, 3.05) is 10.2 Å². The molecule has 296 valence electrons. The highest BCUT2D eigenvalue weighted by molar-refractivity contribution is 6.07. The summed E-state index contributed by atoms with van der Waals surface area (Å²) >= 11 is 0. The highest BCUT2D eigenvalue weighted by Crippen LogP contribution is 2.50. The highest BCUT2D eigenvalue weighted by Gasteiger charge is 2.31. The lowest BCUT2D eigenvalue weighted by atomic mass is 9.87. The van der Waals surface area contributed by atoms with Crippen LogP contribution in [0.25, 0.3) is 58.0 Å². The van der Waals surface area contributed by atoms with Gasteiger partial charge in [0.25, 0.3) is 0 Å². The summed E-state index contributed by atoms with van der Waals surface area (Å²) < 4.78 is 0. The number of aromatic nitrogens is 2. The van der Waals surface area contributed by atoms with Crippen molar-refractivity contribution in [3.63, 3.8) is 0 Å². The Morgan fingerprint density at radius 3 is 2.17 bits per heavy atom. The van der Waals surface area contributed by atoms with Crippen LogP contribution in [-0.2, 0) is 0 Å². The van der Waals surface area contributed by atoms with E-state index in [9.17, 15) is 0 Å². The second-order valence-corrected chi connectivity index (χ2v) is 14.7. The molecule has 3 aliphatic rings. The van der Waals surface area contributed by atoms with E-state index in [4.69, 9.17) is 15.4 Å². The fourth-order valence-electron chi connectivity index (χ4n) is 8.18. The first-order chi connectivity index (χ1) is 29.6. The first-order valence-electron chi connectivity index (χ1n) is 21.2. The number of hydrogen-bond acceptors (Lipinski definition) is 5. The summed E-state index contributed by atoms with van der Waals surface area (Å²) in [5.74, 6) is 0.748. The van der Waals surface area contributed by atoms with Crippen LogP contribution < -0.4 is 10.2 Å². The molecule has 9 rings (SSSR count). The number of allylic oxidation sites excluding steroid dienone is 7. The predicted octanol–water partition coefficient (Wildman–Crippen LogP) is 15.2. The highest BCUT2D eigenvalue weighted by atomic mass is 15.2. The van der Waals surface area contributed by atoms with Crippen molar-refractivity contribution in [2.24, 2.45) is 0 Å². The largest absolute Gasteiger partial charge is 0.355 e. The maximum Gasteiger partial charge on any atom is 0.156 e. The zero-order chi connectivity index (χ0) is 41.4. The van der Waals surface area contributed by atoms with E-state index < -0.39 is 0 Å². The molecule has 0 amide bonds. The molecule has 0 saturated heterocycles. The van der Waals surface area contributed by atoms with Gasteiger partial charge in [-0.25, -0.2) is 9.97 Å². The second-order valence-electron chi connectivity index (χ2n) is 14.7. The number of nitrogens with one attached hydrogen (secondary N) is 2. The first kappa shape index (κ1) is 39.7. The summed E-state index contributed by atoms with van der Waals surface area (Å²) in [6.45, 7) is 8.30. The SMILES string of the molecule is CC.CC/C=C\C=C(/CC)c1nc(-c2ccccc2)cc(-c2ccc(N3C4=Cc5ccc6c(c5C=C(C4)c4c3ccc(Nc3ccccc3)c4C=N)C=CCC=C6)cc2)n1. The van der Waals surface area contributed by atoms with Crippen LogP contribution in [0.2, 0.25) is 0 Å². The van der Waals surface area contributed by atoms with Gasteiger partial charge in [-0.1, -0.05) is 143 Å². The zero-order valence-electron chi connectivity index (χ0n) is 34.9. The Kier molecular flexibility index (Phi) is 12.1. The van der Waals surface area contributed by atoms with E-state index in [1.54, 1.807) is 0 Å². The van der Waals surface area contributed by atoms with Gasteiger partial charge in [0.05, 0.1) is 17.1 Å². The number of para-hydroxylation sites is 1. The quantitative estimate of drug-likeness (QED) is 0.107. The Morgan fingerprint density at radius 1 is 0.750 bits per heavy atom. The fraction of sp³-hybridized carbons (Fsp3) is 0.145. The van der Waals surface area contributed by atoms with Gasteiger partial charge in [-0.3, -0.25) is 0 Å². The normalized spacial score (nSPS) is 13.8. The molecule has 5 heteroatoms. The summed E-state index contributed by atoms with van der Waals surface area (Å²) in [4.78, 5) is 12.6. The van der Waals surface area contributed by atoms with Gasteiger partial charge in [-0.05, 0) is 107 Å². The van der Waals surface area contributed by atoms with Gasteiger partial charge >= 0.3 is 0 Å². The van der Waals surface area contributed by atoms with Crippen molar-refractivity contribution in [1.29, 1.82) is 5.41 Å². The number of anilines is 4. The van der Waals surface area contributed by atoms with Gasteiger partial charge < -0.3 is 15.6 Å². The average Bonchev–Trinajstić information content (AvgIpc) is 3.65. The van der Waals surface area contributed by atoms with E-state index >= 15 is 0 Å². The van der Waals surface area contributed by atoms with Crippen LogP contribution in [0.1, 0.15) is 92.6 Å². The van der Waals surface area contributed by atoms with Crippen molar-refractivity contribution in [1.82, 2.24) is 9.97 Å². The van der Waals surface area contributed by atoms with E-state index in [2.05, 4.69) is 170 Å². The van der Waals surface area contributed by atoms with Gasteiger partial charge in [0.2, 0.25) is 0 Å². The predicted molar refractivity (Wildman–Crippen MR) is 258 cm³/mol. The minimum atomic E-state index is 0.724. The maximum absolute atomic E-state index is 8.82. The molecule has 2 heterocycles. The Balaban J connectivity index is 0.00000246. The Bertz CT molecular complexity index is 2710. The van der Waals surface area contributed by atoms with E-state index in [1.807, 2.05) is 38.1 Å². The van der Waals surface area contributed by atoms with Crippen LogP contribution in [0, 0.1) is 5.41 Å². The molecule has 2 bridgehead atoms. The third kappa shape index (κ3) is 7.99. The molecule has 6 aromatic rings. The molecule has 0 atom stereocenters. The standard InChI is InChI=1S/C53H45N5.C2H6/c1-3-5-9-16-36(4-2)53-56-49(38-18-11-6-12-19-38)34-50(57-53)39-25-27-43(28-26-39)58-44-31-40-24-23-37-17-10-7-15-22-45(37)46(40)33-41(32-44)52-47(35-54)48(29-30-51(52)58)55-42-20-13-8-14-21-42;1-2/h5-6,8-31,33-35,54-55H,3-4,7,32H2,1-2H3;1-2H3/b9-5-,36-16+,54-35?;. The smallest absolute Gasteiger partial charge is 0.156 e. The minimum absolute atomic E-state index is 0.724. The van der Waals surface area contributed by atoms with E-state index in [1.165, 1.54) is 39.7 Å². The van der Waals surface area contributed by atoms with Gasteiger partial charge in [-0.15, -0.1) is 0 Å². The van der Waals surface area contributed by atoms with Crippen LogP contribution in [0.15, 0.2) is 151 Å². The molecular weight excluding hydrogens is 731 g/mol. The van der Waals surface area contributed by atoms with Crippen LogP contribution in [0.5, 0.6) is 0 Å². The molecule has 5 aromatic carbocycles. The van der Waals surface area contributed by atoms with E-state index in [0.717, 1.165) is 93.5 Å². The third-order valence-corrected chi connectivity index (χ3v) is 11.0. The topological polar surface area (TPSA) is 64.9 Å². The second kappa shape index (κ2) is 18.2. The molecule has 1 aromatic heterocycles. The molecule has 0 fully saturated rings. The van der Waals surface area contributed by atoms with Crippen molar-refractivity contribution in [3.8, 4) is 22.5 Å². The van der Waals surface area contributed by atoms with E-state index in [0.29, 0.717) is 0 Å². The van der Waals surface area contributed by atoms with Crippen molar-refractivity contribution >= 4 is 64.4 Å². The lowest BCUT2D eigenvalue weighted by Gasteiger charge is -2.36. The zero-order valence-corrected chi connectivity index (χ0v) is 34.9. The Morgan fingerprint density at radius 2 is 1.45 bits per heavy atom. The summed E-state index contributed by atoms with van der Waals surface area (Å²) in [5, 5.41) is 12.4. The number of benzene rings is 5. The molecule has 2 N–H and O–H groups in total. The summed E-state index contributed by atoms with van der Waals surface area (Å²) in [7, 11) is 0. The molecule has 5 nitrogen and oxygen atoms in total. The summed E-state index contributed by atoms with van der Waals surface area (Å²) in [6, 6.07) is 40.2. The van der Waals surface area contributed by atoms with Gasteiger partial charge in [0.1, 0.15) is 0 Å². The van der Waals surface area contributed by atoms with Crippen molar-refractivity contribution in [2.45, 2.75) is 53.4 Å². The molecule has 0 spiro atoms. The van der Waals surface area contributed by atoms with Crippen LogP contribution >= 0.6 is 0 Å². The molecule has 0 radical (unpaired) electrons. The molecule has 0 saturated carbocycles. The summed E-state index contributed by atoms with van der Waals surface area (Å²) in [6.07, 6.45) is 25.0. The molecule has 2 aliphatic carbocycles. The number of rotatable bonds is 10. The maximum atomic E-state index is 8.82. The number of hydrogen-bond donors (Lipinski definition) is 2. The van der Waals surface area contributed by atoms with E-state index in [-0.39, 0.29) is 0 Å². The lowest BCUT2D eigenvalue weighted by Crippen LogP contribution is -2.23. The minimum Gasteiger partial charge on any atom is -0.355 e. The van der Waals surface area contributed by atoms with Crippen molar-refractivity contribution in [3.05, 3.63) is 191 Å². The fourth-order valence-corrected chi connectivity index (χ4v) is 8.18. The number of nitrogens with zero attached hydrogens (tertiary/aromatic N) is 3. The molecule has 60 heavy (non-hydrogen) atoms. The Hall–Kier alpha value is -7.11. The van der Waals surface area contributed by atoms with Crippen LogP contribution in [-0.4, -0.2) is 16.2 Å². The lowest BCUT2D eigenvalue weighted by molar-refractivity contribution is 1.07. The third-order valence-electron chi connectivity index (χ3n) is 11.0. The van der Waals surface area contributed by atoms with Gasteiger partial charge in [-0.2, -0.15) is 0 Å². The van der Waals surface area contributed by atoms with Crippen LogP contribution in [0.4, 0.5) is 22.7 Å². The first-order valence-corrected chi connectivity index (χ1v) is 21.2. The monoisotopic (exact) mass is 781 g/mol.